The van der Waals surface area contributed by atoms with Gasteiger partial charge >= 0.3 is 0 Å². The minimum Gasteiger partial charge on any atom is -0.251 e. The smallest absolute Gasteiger partial charge is 0.0894 e. The summed E-state index contributed by atoms with van der Waals surface area (Å²) in [6.07, 6.45) is 43.8. The van der Waals surface area contributed by atoms with Crippen molar-refractivity contribution in [3.8, 4) is 0 Å². The first-order valence-electron chi connectivity index (χ1n) is 16.5. The topological polar surface area (TPSA) is 0 Å². The molecule has 0 aromatic heterocycles. The van der Waals surface area contributed by atoms with Crippen molar-refractivity contribution < 1.29 is 4.39 Å². The summed E-state index contributed by atoms with van der Waals surface area (Å²) >= 11 is 0. The maximum Gasteiger partial charge on any atom is 0.0894 e. The normalized spacial score (nSPS) is 11.5. The van der Waals surface area contributed by atoms with E-state index in [4.69, 9.17) is 0 Å². The lowest BCUT2D eigenvalue weighted by Crippen LogP contribution is -1.85. The molecule has 0 bridgehead atoms. The second-order valence-corrected chi connectivity index (χ2v) is 11.3. The van der Waals surface area contributed by atoms with Crippen LogP contribution >= 0.6 is 0 Å². The molecule has 0 fully saturated rings. The van der Waals surface area contributed by atoms with Gasteiger partial charge in [-0.3, -0.25) is 4.39 Å². The summed E-state index contributed by atoms with van der Waals surface area (Å²) in [4.78, 5) is 0. The van der Waals surface area contributed by atoms with E-state index in [9.17, 15) is 4.39 Å². The molecule has 206 valence electrons. The van der Waals surface area contributed by atoms with Gasteiger partial charge in [-0.2, -0.15) is 0 Å². The van der Waals surface area contributed by atoms with E-state index in [1.54, 1.807) is 0 Å². The Labute approximate surface area is 217 Å². The van der Waals surface area contributed by atoms with Gasteiger partial charge in [-0.1, -0.05) is 200 Å². The highest BCUT2D eigenvalue weighted by atomic mass is 19.1. The Morgan fingerprint density at radius 1 is 0.235 bits per heavy atom. The van der Waals surface area contributed by atoms with Crippen molar-refractivity contribution in [2.75, 3.05) is 6.67 Å². The fraction of sp³-hybridized carbons (Fsp3) is 1.00. The van der Waals surface area contributed by atoms with Gasteiger partial charge in [0.1, 0.15) is 0 Å². The van der Waals surface area contributed by atoms with E-state index in [1.807, 2.05) is 0 Å². The molecule has 0 unspecified atom stereocenters. The maximum atomic E-state index is 12.0. The molecule has 0 atom stereocenters. The molecule has 0 aliphatic carbocycles. The summed E-state index contributed by atoms with van der Waals surface area (Å²) < 4.78 is 12.0. The molecule has 0 amide bonds. The van der Waals surface area contributed by atoms with Crippen LogP contribution in [0.15, 0.2) is 0 Å². The lowest BCUT2D eigenvalue weighted by Gasteiger charge is -2.04. The molecule has 0 aliphatic heterocycles. The summed E-state index contributed by atoms with van der Waals surface area (Å²) in [5, 5.41) is 0. The van der Waals surface area contributed by atoms with E-state index in [0.717, 1.165) is 12.8 Å². The summed E-state index contributed by atoms with van der Waals surface area (Å²) in [6.45, 7) is 2.18. The summed E-state index contributed by atoms with van der Waals surface area (Å²) in [7, 11) is 0. The molecule has 0 radical (unpaired) electrons. The van der Waals surface area contributed by atoms with Crippen LogP contribution in [0.1, 0.15) is 206 Å². The number of hydrogen-bond acceptors (Lipinski definition) is 0. The van der Waals surface area contributed by atoms with Gasteiger partial charge in [0.05, 0.1) is 6.67 Å². The Morgan fingerprint density at radius 2 is 0.382 bits per heavy atom. The van der Waals surface area contributed by atoms with Crippen molar-refractivity contribution in [1.82, 2.24) is 0 Å². The number of rotatable bonds is 31. The van der Waals surface area contributed by atoms with Crippen LogP contribution in [0.2, 0.25) is 0 Å². The molecule has 0 heterocycles. The summed E-state index contributed by atoms with van der Waals surface area (Å²) in [6, 6.07) is 0. The molecule has 0 aromatic rings. The number of hydrogen-bond donors (Lipinski definition) is 0. The summed E-state index contributed by atoms with van der Waals surface area (Å²) in [5.41, 5.74) is 0. The molecule has 0 aliphatic rings. The summed E-state index contributed by atoms with van der Waals surface area (Å²) in [5.74, 6) is 0. The second-order valence-electron chi connectivity index (χ2n) is 11.3. The van der Waals surface area contributed by atoms with Crippen LogP contribution < -0.4 is 0 Å². The predicted octanol–water partition coefficient (Wildman–Crippen LogP) is 13.1. The Hall–Kier alpha value is -0.0700. The minimum atomic E-state index is -0.125. The van der Waals surface area contributed by atoms with Gasteiger partial charge in [0, 0.05) is 0 Å². The van der Waals surface area contributed by atoms with Gasteiger partial charge in [0.15, 0.2) is 0 Å². The lowest BCUT2D eigenvalue weighted by molar-refractivity contribution is 0.448. The predicted molar refractivity (Wildman–Crippen MR) is 155 cm³/mol. The molecule has 0 N–H and O–H groups in total. The van der Waals surface area contributed by atoms with E-state index in [1.165, 1.54) is 186 Å². The van der Waals surface area contributed by atoms with Crippen LogP contribution in [0.4, 0.5) is 4.39 Å². The van der Waals surface area contributed by atoms with Crippen LogP contribution in [0.25, 0.3) is 0 Å². The Kier molecular flexibility index (Phi) is 32.9. The van der Waals surface area contributed by atoms with Crippen molar-refractivity contribution in [3.05, 3.63) is 0 Å². The first kappa shape index (κ1) is 33.9. The highest BCUT2D eigenvalue weighted by molar-refractivity contribution is 4.52. The molecule has 0 saturated heterocycles. The van der Waals surface area contributed by atoms with Crippen molar-refractivity contribution >= 4 is 0 Å². The minimum absolute atomic E-state index is 0.125. The van der Waals surface area contributed by atoms with Crippen LogP contribution in [0.3, 0.4) is 0 Å². The standard InChI is InChI=1S/C33H67F/c1-2-3-4-5-6-7-8-9-10-11-12-13-14-15-16-17-18-19-20-21-22-23-24-25-26-27-28-29-30-31-32-33-34/h2-33H2,1H3. The monoisotopic (exact) mass is 483 g/mol. The largest absolute Gasteiger partial charge is 0.251 e. The van der Waals surface area contributed by atoms with Gasteiger partial charge in [0.25, 0.3) is 0 Å². The van der Waals surface area contributed by atoms with Crippen LogP contribution in [-0.4, -0.2) is 6.67 Å². The van der Waals surface area contributed by atoms with E-state index in [0.29, 0.717) is 0 Å². The van der Waals surface area contributed by atoms with Gasteiger partial charge in [-0.15, -0.1) is 0 Å². The van der Waals surface area contributed by atoms with E-state index in [-0.39, 0.29) is 6.67 Å². The fourth-order valence-electron chi connectivity index (χ4n) is 5.29. The van der Waals surface area contributed by atoms with Crippen LogP contribution in [-0.2, 0) is 0 Å². The third-order valence-corrected chi connectivity index (χ3v) is 7.74. The van der Waals surface area contributed by atoms with Gasteiger partial charge in [-0.25, -0.2) is 0 Å². The molecule has 0 aromatic carbocycles. The number of halogens is 1. The lowest BCUT2D eigenvalue weighted by atomic mass is 10.0. The number of alkyl halides is 1. The molecule has 0 saturated carbocycles. The Balaban J connectivity index is 2.99. The molecule has 1 heteroatoms. The van der Waals surface area contributed by atoms with Crippen molar-refractivity contribution in [3.63, 3.8) is 0 Å². The molecular formula is C33H67F. The van der Waals surface area contributed by atoms with E-state index < -0.39 is 0 Å². The zero-order chi connectivity index (χ0) is 24.6. The highest BCUT2D eigenvalue weighted by Gasteiger charge is 1.97. The average molecular weight is 483 g/mol. The quantitative estimate of drug-likeness (QED) is 0.0861. The zero-order valence-corrected chi connectivity index (χ0v) is 24.0. The van der Waals surface area contributed by atoms with Gasteiger partial charge in [0.2, 0.25) is 0 Å². The molecular weight excluding hydrogens is 415 g/mol. The van der Waals surface area contributed by atoms with Crippen LogP contribution in [0, 0.1) is 0 Å². The molecule has 34 heavy (non-hydrogen) atoms. The van der Waals surface area contributed by atoms with Crippen molar-refractivity contribution in [1.29, 1.82) is 0 Å². The van der Waals surface area contributed by atoms with Crippen molar-refractivity contribution in [2.24, 2.45) is 0 Å². The van der Waals surface area contributed by atoms with Gasteiger partial charge in [-0.05, 0) is 6.42 Å². The molecule has 0 nitrogen and oxygen atoms in total. The highest BCUT2D eigenvalue weighted by Crippen LogP contribution is 2.16. The van der Waals surface area contributed by atoms with Crippen LogP contribution in [0.5, 0.6) is 0 Å². The first-order chi connectivity index (χ1) is 16.9. The SMILES string of the molecule is CCCCCCCCCCCCCCCCCCCCCCCCCCCCCCCCCF. The van der Waals surface area contributed by atoms with Crippen molar-refractivity contribution in [2.45, 2.75) is 206 Å². The fourth-order valence-corrected chi connectivity index (χ4v) is 5.29. The third kappa shape index (κ3) is 31.9. The molecule has 0 spiro atoms. The maximum absolute atomic E-state index is 12.0. The molecule has 0 rings (SSSR count). The zero-order valence-electron chi connectivity index (χ0n) is 24.0. The number of unbranched alkanes of at least 4 members (excludes halogenated alkanes) is 30. The van der Waals surface area contributed by atoms with Gasteiger partial charge < -0.3 is 0 Å². The Bertz CT molecular complexity index is 295. The third-order valence-electron chi connectivity index (χ3n) is 7.74. The average Bonchev–Trinajstić information content (AvgIpc) is 2.85. The van der Waals surface area contributed by atoms with E-state index in [2.05, 4.69) is 6.92 Å². The first-order valence-corrected chi connectivity index (χ1v) is 16.5. The van der Waals surface area contributed by atoms with E-state index >= 15 is 0 Å². The Morgan fingerprint density at radius 3 is 0.529 bits per heavy atom. The second kappa shape index (κ2) is 32.9.